The van der Waals surface area contributed by atoms with Crippen LogP contribution in [-0.2, 0) is 11.2 Å². The maximum atomic E-state index is 12.1. The van der Waals surface area contributed by atoms with Gasteiger partial charge in [-0.3, -0.25) is 9.78 Å². The molecule has 2 rings (SSSR count). The summed E-state index contributed by atoms with van der Waals surface area (Å²) in [4.78, 5) is 17.9. The first kappa shape index (κ1) is 15.0. The predicted molar refractivity (Wildman–Crippen MR) is 80.5 cm³/mol. The molecule has 1 amide bonds. The normalized spacial score (nSPS) is 16.1. The summed E-state index contributed by atoms with van der Waals surface area (Å²) in [6, 6.07) is 4.54. The van der Waals surface area contributed by atoms with Crippen LogP contribution in [0.15, 0.2) is 24.5 Å². The lowest BCUT2D eigenvalue weighted by Gasteiger charge is -2.24. The molecule has 1 aliphatic carbocycles. The fraction of sp³-hybridized carbons (Fsp3) is 0.625. The molecule has 0 atom stereocenters. The van der Waals surface area contributed by atoms with E-state index in [1.807, 2.05) is 24.1 Å². The van der Waals surface area contributed by atoms with Crippen molar-refractivity contribution >= 4 is 5.91 Å². The van der Waals surface area contributed by atoms with Crippen LogP contribution >= 0.6 is 0 Å². The van der Waals surface area contributed by atoms with Gasteiger partial charge >= 0.3 is 0 Å². The van der Waals surface area contributed by atoms with E-state index in [9.17, 15) is 4.79 Å². The number of carbonyl (C=O) groups excluding carboxylic acids is 1. The van der Waals surface area contributed by atoms with E-state index in [4.69, 9.17) is 0 Å². The molecule has 4 nitrogen and oxygen atoms in total. The van der Waals surface area contributed by atoms with E-state index in [-0.39, 0.29) is 5.91 Å². The summed E-state index contributed by atoms with van der Waals surface area (Å²) < 4.78 is 0. The monoisotopic (exact) mass is 275 g/mol. The lowest BCUT2D eigenvalue weighted by molar-refractivity contribution is -0.129. The SMILES string of the molecule is CN(CCc1ccncc1)C(=O)CNC1CCCCC1. The Morgan fingerprint density at radius 3 is 2.70 bits per heavy atom. The van der Waals surface area contributed by atoms with Crippen LogP contribution in [0.2, 0.25) is 0 Å². The highest BCUT2D eigenvalue weighted by atomic mass is 16.2. The van der Waals surface area contributed by atoms with Crippen LogP contribution in [0.3, 0.4) is 0 Å². The number of hydrogen-bond donors (Lipinski definition) is 1. The second-order valence-electron chi connectivity index (χ2n) is 5.64. The number of hydrogen-bond acceptors (Lipinski definition) is 3. The first-order chi connectivity index (χ1) is 9.75. The van der Waals surface area contributed by atoms with Gasteiger partial charge in [0.15, 0.2) is 0 Å². The van der Waals surface area contributed by atoms with Gasteiger partial charge in [-0.1, -0.05) is 19.3 Å². The maximum Gasteiger partial charge on any atom is 0.236 e. The molecule has 0 aliphatic heterocycles. The van der Waals surface area contributed by atoms with Gasteiger partial charge in [-0.05, 0) is 37.0 Å². The van der Waals surface area contributed by atoms with Crippen molar-refractivity contribution in [2.75, 3.05) is 20.1 Å². The summed E-state index contributed by atoms with van der Waals surface area (Å²) in [5, 5.41) is 3.40. The predicted octanol–water partition coefficient (Wildman–Crippen LogP) is 2.00. The molecule has 1 fully saturated rings. The molecule has 110 valence electrons. The zero-order valence-electron chi connectivity index (χ0n) is 12.3. The maximum absolute atomic E-state index is 12.1. The van der Waals surface area contributed by atoms with Gasteiger partial charge in [-0.15, -0.1) is 0 Å². The van der Waals surface area contributed by atoms with E-state index < -0.39 is 0 Å². The van der Waals surface area contributed by atoms with E-state index in [2.05, 4.69) is 10.3 Å². The van der Waals surface area contributed by atoms with Crippen molar-refractivity contribution in [3.8, 4) is 0 Å². The number of rotatable bonds is 6. The summed E-state index contributed by atoms with van der Waals surface area (Å²) in [6.45, 7) is 1.23. The molecule has 20 heavy (non-hydrogen) atoms. The minimum atomic E-state index is 0.185. The van der Waals surface area contributed by atoms with Crippen LogP contribution in [0.4, 0.5) is 0 Å². The smallest absolute Gasteiger partial charge is 0.236 e. The van der Waals surface area contributed by atoms with Crippen molar-refractivity contribution in [1.29, 1.82) is 0 Å². The first-order valence-electron chi connectivity index (χ1n) is 7.62. The third kappa shape index (κ3) is 4.93. The first-order valence-corrected chi connectivity index (χ1v) is 7.62. The van der Waals surface area contributed by atoms with E-state index in [0.29, 0.717) is 12.6 Å². The van der Waals surface area contributed by atoms with Gasteiger partial charge < -0.3 is 10.2 Å². The van der Waals surface area contributed by atoms with Crippen LogP contribution in [-0.4, -0.2) is 42.0 Å². The van der Waals surface area contributed by atoms with E-state index in [0.717, 1.165) is 13.0 Å². The largest absolute Gasteiger partial charge is 0.344 e. The molecule has 0 saturated heterocycles. The number of likely N-dealkylation sites (N-methyl/N-ethyl adjacent to an activating group) is 1. The van der Waals surface area contributed by atoms with Crippen molar-refractivity contribution in [2.24, 2.45) is 0 Å². The summed E-state index contributed by atoms with van der Waals surface area (Å²) >= 11 is 0. The molecule has 1 aliphatic rings. The third-order valence-corrected chi connectivity index (χ3v) is 4.06. The number of carbonyl (C=O) groups is 1. The van der Waals surface area contributed by atoms with Crippen molar-refractivity contribution in [3.05, 3.63) is 30.1 Å². The minimum absolute atomic E-state index is 0.185. The second-order valence-corrected chi connectivity index (χ2v) is 5.64. The zero-order valence-corrected chi connectivity index (χ0v) is 12.3. The molecule has 0 spiro atoms. The van der Waals surface area contributed by atoms with Crippen LogP contribution in [0.5, 0.6) is 0 Å². The third-order valence-electron chi connectivity index (χ3n) is 4.06. The van der Waals surface area contributed by atoms with Crippen molar-refractivity contribution in [1.82, 2.24) is 15.2 Å². The lowest BCUT2D eigenvalue weighted by atomic mass is 9.95. The molecule has 4 heteroatoms. The number of nitrogens with one attached hydrogen (secondary N) is 1. The van der Waals surface area contributed by atoms with Gasteiger partial charge in [0, 0.05) is 32.0 Å². The topological polar surface area (TPSA) is 45.2 Å². The van der Waals surface area contributed by atoms with Crippen molar-refractivity contribution in [2.45, 2.75) is 44.6 Å². The summed E-state index contributed by atoms with van der Waals surface area (Å²) in [5.41, 5.74) is 1.22. The van der Waals surface area contributed by atoms with Gasteiger partial charge in [-0.2, -0.15) is 0 Å². The van der Waals surface area contributed by atoms with Crippen LogP contribution in [0, 0.1) is 0 Å². The highest BCUT2D eigenvalue weighted by Crippen LogP contribution is 2.17. The Morgan fingerprint density at radius 2 is 2.00 bits per heavy atom. The van der Waals surface area contributed by atoms with Gasteiger partial charge in [0.05, 0.1) is 6.54 Å². The fourth-order valence-electron chi connectivity index (χ4n) is 2.64. The van der Waals surface area contributed by atoms with Crippen molar-refractivity contribution < 1.29 is 4.79 Å². The Balaban J connectivity index is 1.66. The van der Waals surface area contributed by atoms with Gasteiger partial charge in [0.2, 0.25) is 5.91 Å². The Morgan fingerprint density at radius 1 is 1.30 bits per heavy atom. The quantitative estimate of drug-likeness (QED) is 0.863. The summed E-state index contributed by atoms with van der Waals surface area (Å²) in [6.07, 6.45) is 10.8. The number of aromatic nitrogens is 1. The van der Waals surface area contributed by atoms with Crippen LogP contribution in [0.25, 0.3) is 0 Å². The standard InChI is InChI=1S/C16H25N3O/c1-19(12-9-14-7-10-17-11-8-14)16(20)13-18-15-5-3-2-4-6-15/h7-8,10-11,15,18H,2-6,9,12-13H2,1H3. The number of amides is 1. The molecule has 0 bridgehead atoms. The van der Waals surface area contributed by atoms with Gasteiger partial charge in [0.25, 0.3) is 0 Å². The molecule has 0 aromatic carbocycles. The number of nitrogens with zero attached hydrogens (tertiary/aromatic N) is 2. The zero-order chi connectivity index (χ0) is 14.2. The Labute approximate surface area is 121 Å². The molecule has 1 N–H and O–H groups in total. The summed E-state index contributed by atoms with van der Waals surface area (Å²) in [7, 11) is 1.88. The molecular formula is C16H25N3O. The Hall–Kier alpha value is -1.42. The molecule has 0 radical (unpaired) electrons. The average Bonchev–Trinajstić information content (AvgIpc) is 2.52. The van der Waals surface area contributed by atoms with E-state index in [1.54, 1.807) is 12.4 Å². The highest BCUT2D eigenvalue weighted by molar-refractivity contribution is 5.78. The van der Waals surface area contributed by atoms with Gasteiger partial charge in [-0.25, -0.2) is 0 Å². The molecule has 1 saturated carbocycles. The molecular weight excluding hydrogens is 250 g/mol. The minimum Gasteiger partial charge on any atom is -0.344 e. The average molecular weight is 275 g/mol. The molecule has 0 unspecified atom stereocenters. The molecule has 1 aromatic rings. The van der Waals surface area contributed by atoms with Gasteiger partial charge in [0.1, 0.15) is 0 Å². The van der Waals surface area contributed by atoms with Crippen LogP contribution < -0.4 is 5.32 Å². The number of pyridine rings is 1. The fourth-order valence-corrected chi connectivity index (χ4v) is 2.64. The Kier molecular flexibility index (Phi) is 5.99. The van der Waals surface area contributed by atoms with Crippen molar-refractivity contribution in [3.63, 3.8) is 0 Å². The van der Waals surface area contributed by atoms with E-state index in [1.165, 1.54) is 37.7 Å². The second kappa shape index (κ2) is 8.00. The lowest BCUT2D eigenvalue weighted by Crippen LogP contribution is -2.41. The van der Waals surface area contributed by atoms with E-state index >= 15 is 0 Å². The molecule has 1 aromatic heterocycles. The summed E-state index contributed by atoms with van der Waals surface area (Å²) in [5.74, 6) is 0.185. The highest BCUT2D eigenvalue weighted by Gasteiger charge is 2.15. The van der Waals surface area contributed by atoms with Crippen LogP contribution in [0.1, 0.15) is 37.7 Å². The molecule has 1 heterocycles. The Bertz CT molecular complexity index is 401.